The van der Waals surface area contributed by atoms with Gasteiger partial charge < -0.3 is 4.74 Å². The van der Waals surface area contributed by atoms with E-state index in [4.69, 9.17) is 10.00 Å². The maximum atomic E-state index is 8.78. The van der Waals surface area contributed by atoms with Crippen LogP contribution in [0.1, 0.15) is 18.4 Å². The Kier molecular flexibility index (Phi) is 3.97. The summed E-state index contributed by atoms with van der Waals surface area (Å²) in [6, 6.07) is 5.99. The Balaban J connectivity index is 3.22. The normalized spacial score (nSPS) is 11.9. The highest BCUT2D eigenvalue weighted by molar-refractivity contribution is 9.11. The first kappa shape index (κ1) is 11.5. The fourth-order valence-electron chi connectivity index (χ4n) is 1.10. The molecule has 0 saturated carbocycles. The average molecular weight is 319 g/mol. The Bertz CT molecular complexity index is 361. The molecule has 4 heteroatoms. The molecule has 1 atom stereocenters. The van der Waals surface area contributed by atoms with Crippen LogP contribution in [0.25, 0.3) is 0 Å². The van der Waals surface area contributed by atoms with E-state index in [0.717, 1.165) is 20.3 Å². The highest BCUT2D eigenvalue weighted by atomic mass is 79.9. The molecule has 1 unspecified atom stereocenters. The largest absolute Gasteiger partial charge is 0.494 e. The maximum Gasteiger partial charge on any atom is 0.147 e. The molecule has 0 fully saturated rings. The summed E-state index contributed by atoms with van der Waals surface area (Å²) in [4.78, 5) is 0. The summed E-state index contributed by atoms with van der Waals surface area (Å²) in [6.07, 6.45) is 0. The minimum Gasteiger partial charge on any atom is -0.494 e. The van der Waals surface area contributed by atoms with Crippen molar-refractivity contribution in [3.8, 4) is 11.8 Å². The summed E-state index contributed by atoms with van der Waals surface area (Å²) in [7, 11) is 1.61. The molecule has 1 rings (SSSR count). The van der Waals surface area contributed by atoms with Crippen molar-refractivity contribution >= 4 is 31.9 Å². The molecule has 1 aromatic rings. The van der Waals surface area contributed by atoms with Crippen LogP contribution in [0, 0.1) is 11.3 Å². The van der Waals surface area contributed by atoms with E-state index in [2.05, 4.69) is 37.9 Å². The number of hydrogen-bond donors (Lipinski definition) is 0. The van der Waals surface area contributed by atoms with Crippen LogP contribution < -0.4 is 4.74 Å². The van der Waals surface area contributed by atoms with Crippen molar-refractivity contribution < 1.29 is 4.74 Å². The van der Waals surface area contributed by atoms with Gasteiger partial charge in [-0.2, -0.15) is 5.26 Å². The first-order chi connectivity index (χ1) is 6.60. The Labute approximate surface area is 100 Å². The van der Waals surface area contributed by atoms with Gasteiger partial charge in [0.05, 0.1) is 28.0 Å². The van der Waals surface area contributed by atoms with Crippen LogP contribution in [0.15, 0.2) is 21.1 Å². The number of nitriles is 1. The van der Waals surface area contributed by atoms with Crippen LogP contribution in [0.5, 0.6) is 5.75 Å². The third kappa shape index (κ3) is 2.28. The molecule has 0 bridgehead atoms. The number of ether oxygens (including phenoxy) is 1. The second-order valence-electron chi connectivity index (χ2n) is 2.87. The van der Waals surface area contributed by atoms with Gasteiger partial charge in [-0.15, -0.1) is 0 Å². The maximum absolute atomic E-state index is 8.78. The van der Waals surface area contributed by atoms with Crippen molar-refractivity contribution in [1.29, 1.82) is 5.26 Å². The number of rotatable bonds is 2. The van der Waals surface area contributed by atoms with Gasteiger partial charge in [0.25, 0.3) is 0 Å². The van der Waals surface area contributed by atoms with E-state index in [1.165, 1.54) is 0 Å². The molecule has 0 aliphatic carbocycles. The quantitative estimate of drug-likeness (QED) is 0.829. The molecule has 0 amide bonds. The molecule has 0 spiro atoms. The molecule has 0 N–H and O–H groups in total. The molecule has 0 aromatic heterocycles. The molecule has 0 radical (unpaired) electrons. The molecule has 0 aliphatic rings. The number of halogens is 2. The van der Waals surface area contributed by atoms with Crippen molar-refractivity contribution in [2.24, 2.45) is 0 Å². The fourth-order valence-corrected chi connectivity index (χ4v) is 2.64. The van der Waals surface area contributed by atoms with Crippen molar-refractivity contribution in [3.63, 3.8) is 0 Å². The standard InChI is InChI=1S/C10H9Br2NO/c1-6(5-13)7-3-8(11)10(14-2)9(12)4-7/h3-4,6H,1-2H3. The van der Waals surface area contributed by atoms with E-state index in [9.17, 15) is 0 Å². The molecule has 0 aliphatic heterocycles. The first-order valence-electron chi connectivity index (χ1n) is 4.02. The Morgan fingerprint density at radius 3 is 2.21 bits per heavy atom. The third-order valence-electron chi connectivity index (χ3n) is 1.92. The van der Waals surface area contributed by atoms with Gasteiger partial charge in [0, 0.05) is 0 Å². The van der Waals surface area contributed by atoms with Gasteiger partial charge >= 0.3 is 0 Å². The van der Waals surface area contributed by atoms with Gasteiger partial charge in [0.1, 0.15) is 5.75 Å². The van der Waals surface area contributed by atoms with Crippen LogP contribution >= 0.6 is 31.9 Å². The second-order valence-corrected chi connectivity index (χ2v) is 4.58. The topological polar surface area (TPSA) is 33.0 Å². The summed E-state index contributed by atoms with van der Waals surface area (Å²) in [6.45, 7) is 1.86. The van der Waals surface area contributed by atoms with Gasteiger partial charge in [-0.3, -0.25) is 0 Å². The average Bonchev–Trinajstić information content (AvgIpc) is 2.16. The number of nitrogens with zero attached hydrogens (tertiary/aromatic N) is 1. The predicted molar refractivity (Wildman–Crippen MR) is 62.4 cm³/mol. The summed E-state index contributed by atoms with van der Waals surface area (Å²) < 4.78 is 6.87. The highest BCUT2D eigenvalue weighted by Crippen LogP contribution is 2.36. The van der Waals surface area contributed by atoms with Gasteiger partial charge in [-0.1, -0.05) is 0 Å². The van der Waals surface area contributed by atoms with E-state index >= 15 is 0 Å². The SMILES string of the molecule is COc1c(Br)cc(C(C)C#N)cc1Br. The minimum atomic E-state index is -0.117. The molecular weight excluding hydrogens is 310 g/mol. The van der Waals surface area contributed by atoms with Crippen LogP contribution in [0.3, 0.4) is 0 Å². The van der Waals surface area contributed by atoms with Gasteiger partial charge in [0.2, 0.25) is 0 Å². The number of methoxy groups -OCH3 is 1. The Hall–Kier alpha value is -0.530. The number of benzene rings is 1. The van der Waals surface area contributed by atoms with Crippen LogP contribution in [-0.2, 0) is 0 Å². The van der Waals surface area contributed by atoms with E-state index in [0.29, 0.717) is 0 Å². The lowest BCUT2D eigenvalue weighted by molar-refractivity contribution is 0.409. The van der Waals surface area contributed by atoms with Gasteiger partial charge in [0.15, 0.2) is 0 Å². The second kappa shape index (κ2) is 4.81. The summed E-state index contributed by atoms with van der Waals surface area (Å²) in [5.41, 5.74) is 0.965. The molecule has 2 nitrogen and oxygen atoms in total. The Morgan fingerprint density at radius 1 is 1.36 bits per heavy atom. The fraction of sp³-hybridized carbons (Fsp3) is 0.300. The Morgan fingerprint density at radius 2 is 1.86 bits per heavy atom. The molecule has 1 aromatic carbocycles. The van der Waals surface area contributed by atoms with Crippen molar-refractivity contribution in [2.75, 3.05) is 7.11 Å². The predicted octanol–water partition coefficient (Wildman–Crippen LogP) is 3.85. The van der Waals surface area contributed by atoms with E-state index < -0.39 is 0 Å². The zero-order valence-corrected chi connectivity index (χ0v) is 11.0. The smallest absolute Gasteiger partial charge is 0.147 e. The zero-order chi connectivity index (χ0) is 10.7. The van der Waals surface area contributed by atoms with Crippen molar-refractivity contribution in [3.05, 3.63) is 26.6 Å². The van der Waals surface area contributed by atoms with E-state index in [-0.39, 0.29) is 5.92 Å². The molecular formula is C10H9Br2NO. The molecule has 0 saturated heterocycles. The summed E-state index contributed by atoms with van der Waals surface area (Å²) in [5, 5.41) is 8.78. The molecule has 14 heavy (non-hydrogen) atoms. The van der Waals surface area contributed by atoms with Gasteiger partial charge in [-0.25, -0.2) is 0 Å². The number of hydrogen-bond acceptors (Lipinski definition) is 2. The molecule has 0 heterocycles. The van der Waals surface area contributed by atoms with E-state index in [1.807, 2.05) is 19.1 Å². The highest BCUT2D eigenvalue weighted by Gasteiger charge is 2.11. The first-order valence-corrected chi connectivity index (χ1v) is 5.61. The van der Waals surface area contributed by atoms with Crippen LogP contribution in [0.2, 0.25) is 0 Å². The lowest BCUT2D eigenvalue weighted by atomic mass is 10.0. The van der Waals surface area contributed by atoms with Gasteiger partial charge in [-0.05, 0) is 56.5 Å². The van der Waals surface area contributed by atoms with Crippen LogP contribution in [0.4, 0.5) is 0 Å². The van der Waals surface area contributed by atoms with Crippen LogP contribution in [-0.4, -0.2) is 7.11 Å². The van der Waals surface area contributed by atoms with Crippen molar-refractivity contribution in [1.82, 2.24) is 0 Å². The lowest BCUT2D eigenvalue weighted by Crippen LogP contribution is -1.93. The summed E-state index contributed by atoms with van der Waals surface area (Å²) in [5.74, 6) is 0.632. The monoisotopic (exact) mass is 317 g/mol. The third-order valence-corrected chi connectivity index (χ3v) is 3.10. The minimum absolute atomic E-state index is 0.117. The zero-order valence-electron chi connectivity index (χ0n) is 7.84. The lowest BCUT2D eigenvalue weighted by Gasteiger charge is -2.09. The molecule has 74 valence electrons. The summed E-state index contributed by atoms with van der Waals surface area (Å²) >= 11 is 6.78. The van der Waals surface area contributed by atoms with Crippen molar-refractivity contribution in [2.45, 2.75) is 12.8 Å². The van der Waals surface area contributed by atoms with E-state index in [1.54, 1.807) is 7.11 Å².